The second kappa shape index (κ2) is 11.0. The third kappa shape index (κ3) is 4.96. The molecular weight excluding hydrogens is 514 g/mol. The fourth-order valence-electron chi connectivity index (χ4n) is 4.72. The van der Waals surface area contributed by atoms with Gasteiger partial charge in [0.2, 0.25) is 0 Å². The van der Waals surface area contributed by atoms with Crippen LogP contribution in [0.3, 0.4) is 0 Å². The third-order valence-corrected chi connectivity index (χ3v) is 6.93. The molecule has 0 aliphatic carbocycles. The molecule has 5 rings (SSSR count). The van der Waals surface area contributed by atoms with E-state index in [0.717, 1.165) is 27.8 Å². The maximum atomic E-state index is 10.9. The van der Waals surface area contributed by atoms with Crippen LogP contribution in [0, 0.1) is 0 Å². The molecular formula is C30H29N3O5S. The lowest BCUT2D eigenvalue weighted by atomic mass is 9.97. The van der Waals surface area contributed by atoms with Crippen molar-refractivity contribution in [1.82, 2.24) is 10.4 Å². The standard InChI is InChI=1S/C30H29N3O5S/c1-35-19-9-7-8-18(14-19)31-30(39)33-25(21-12-13-27(36-2)22-11-6-5-10-20(21)22)16-24(32-33)23-15-28(37-3)29(38-4)17-26(23)34/h5-17,25,32,34H,1-4H3,(H,31,39). The van der Waals surface area contributed by atoms with E-state index in [1.807, 2.05) is 65.7 Å². The Bertz CT molecular complexity index is 1570. The lowest BCUT2D eigenvalue weighted by molar-refractivity contribution is 0.346. The second-order valence-corrected chi connectivity index (χ2v) is 9.18. The van der Waals surface area contributed by atoms with Gasteiger partial charge in [0.25, 0.3) is 0 Å². The maximum absolute atomic E-state index is 10.9. The zero-order chi connectivity index (χ0) is 27.5. The van der Waals surface area contributed by atoms with Crippen LogP contribution in [0.15, 0.2) is 78.9 Å². The van der Waals surface area contributed by atoms with Gasteiger partial charge >= 0.3 is 0 Å². The third-order valence-electron chi connectivity index (χ3n) is 6.63. The van der Waals surface area contributed by atoms with Gasteiger partial charge in [-0.3, -0.25) is 10.4 Å². The number of phenolic OH excluding ortho intramolecular Hbond substituents is 1. The number of rotatable bonds is 7. The van der Waals surface area contributed by atoms with Gasteiger partial charge in [0.15, 0.2) is 16.6 Å². The summed E-state index contributed by atoms with van der Waals surface area (Å²) in [5.74, 6) is 2.46. The molecule has 0 saturated carbocycles. The Hall–Kier alpha value is -4.63. The molecule has 0 spiro atoms. The minimum absolute atomic E-state index is 0.0401. The molecule has 39 heavy (non-hydrogen) atoms. The van der Waals surface area contributed by atoms with E-state index in [-0.39, 0.29) is 11.8 Å². The number of nitrogens with zero attached hydrogens (tertiary/aromatic N) is 1. The van der Waals surface area contributed by atoms with E-state index in [2.05, 4.69) is 16.8 Å². The molecule has 0 radical (unpaired) electrons. The SMILES string of the molecule is COc1cccc(NC(=S)N2NC(c3cc(OC)c(OC)cc3O)=CC2c2ccc(OC)c3ccccc23)c1. The highest BCUT2D eigenvalue weighted by Gasteiger charge is 2.32. The van der Waals surface area contributed by atoms with Gasteiger partial charge in [-0.2, -0.15) is 0 Å². The molecule has 1 unspecified atom stereocenters. The van der Waals surface area contributed by atoms with Crippen LogP contribution < -0.4 is 29.7 Å². The highest BCUT2D eigenvalue weighted by atomic mass is 32.1. The second-order valence-electron chi connectivity index (χ2n) is 8.80. The fraction of sp³-hybridized carbons (Fsp3) is 0.167. The van der Waals surface area contributed by atoms with Gasteiger partial charge in [0.05, 0.1) is 40.2 Å². The topological polar surface area (TPSA) is 84.5 Å². The van der Waals surface area contributed by atoms with Gasteiger partial charge < -0.3 is 29.4 Å². The van der Waals surface area contributed by atoms with Crippen LogP contribution >= 0.6 is 12.2 Å². The van der Waals surface area contributed by atoms with Crippen molar-refractivity contribution in [2.75, 3.05) is 33.8 Å². The van der Waals surface area contributed by atoms with E-state index in [0.29, 0.717) is 33.6 Å². The fourth-order valence-corrected chi connectivity index (χ4v) is 5.00. The molecule has 1 aliphatic heterocycles. The Morgan fingerprint density at radius 2 is 1.54 bits per heavy atom. The predicted octanol–water partition coefficient (Wildman–Crippen LogP) is 5.88. The van der Waals surface area contributed by atoms with Crippen molar-refractivity contribution >= 4 is 39.5 Å². The molecule has 4 aromatic rings. The largest absolute Gasteiger partial charge is 0.507 e. The zero-order valence-electron chi connectivity index (χ0n) is 22.0. The number of nitrogens with one attached hydrogen (secondary N) is 2. The first kappa shape index (κ1) is 26.0. The number of hydrazine groups is 1. The van der Waals surface area contributed by atoms with Crippen LogP contribution in [-0.4, -0.2) is 43.7 Å². The van der Waals surface area contributed by atoms with Crippen molar-refractivity contribution in [1.29, 1.82) is 0 Å². The highest BCUT2D eigenvalue weighted by Crippen LogP contribution is 2.42. The first-order valence-corrected chi connectivity index (χ1v) is 12.6. The Morgan fingerprint density at radius 3 is 2.26 bits per heavy atom. The monoisotopic (exact) mass is 543 g/mol. The van der Waals surface area contributed by atoms with Gasteiger partial charge in [-0.15, -0.1) is 0 Å². The Kier molecular flexibility index (Phi) is 7.33. The van der Waals surface area contributed by atoms with Crippen LogP contribution in [0.25, 0.3) is 16.5 Å². The summed E-state index contributed by atoms with van der Waals surface area (Å²) in [6, 6.07) is 22.5. The van der Waals surface area contributed by atoms with Crippen molar-refractivity contribution in [3.05, 3.63) is 90.0 Å². The van der Waals surface area contributed by atoms with Crippen LogP contribution in [0.5, 0.6) is 28.7 Å². The number of thiocarbonyl (C=S) groups is 1. The quantitative estimate of drug-likeness (QED) is 0.248. The molecule has 4 aromatic carbocycles. The van der Waals surface area contributed by atoms with E-state index >= 15 is 0 Å². The highest BCUT2D eigenvalue weighted by molar-refractivity contribution is 7.80. The van der Waals surface area contributed by atoms with E-state index < -0.39 is 0 Å². The summed E-state index contributed by atoms with van der Waals surface area (Å²) in [5, 5.41) is 18.5. The zero-order valence-corrected chi connectivity index (χ0v) is 22.8. The number of hydrogen-bond acceptors (Lipinski definition) is 7. The molecule has 3 N–H and O–H groups in total. The maximum Gasteiger partial charge on any atom is 0.193 e. The smallest absolute Gasteiger partial charge is 0.193 e. The molecule has 1 aliphatic rings. The van der Waals surface area contributed by atoms with E-state index in [4.69, 9.17) is 31.2 Å². The number of ether oxygens (including phenoxy) is 4. The van der Waals surface area contributed by atoms with Gasteiger partial charge in [-0.25, -0.2) is 0 Å². The first-order valence-electron chi connectivity index (χ1n) is 12.2. The summed E-state index contributed by atoms with van der Waals surface area (Å²) in [4.78, 5) is 0. The first-order chi connectivity index (χ1) is 19.0. The lowest BCUT2D eigenvalue weighted by Crippen LogP contribution is -2.42. The van der Waals surface area contributed by atoms with Crippen molar-refractivity contribution < 1.29 is 24.1 Å². The number of benzene rings is 4. The normalized spacial score (nSPS) is 14.4. The minimum Gasteiger partial charge on any atom is -0.507 e. The summed E-state index contributed by atoms with van der Waals surface area (Å²) in [5.41, 5.74) is 6.39. The number of fused-ring (bicyclic) bond motifs is 1. The summed E-state index contributed by atoms with van der Waals surface area (Å²) in [6.07, 6.45) is 2.02. The average Bonchev–Trinajstić information content (AvgIpc) is 3.41. The number of aromatic hydroxyl groups is 1. The van der Waals surface area contributed by atoms with Gasteiger partial charge in [-0.1, -0.05) is 36.4 Å². The average molecular weight is 544 g/mol. The Morgan fingerprint density at radius 1 is 0.821 bits per heavy atom. The molecule has 1 atom stereocenters. The van der Waals surface area contributed by atoms with Gasteiger partial charge in [0.1, 0.15) is 17.2 Å². The molecule has 0 fully saturated rings. The summed E-state index contributed by atoms with van der Waals surface area (Å²) in [6.45, 7) is 0. The van der Waals surface area contributed by atoms with Crippen LogP contribution in [0.4, 0.5) is 5.69 Å². The number of hydrogen-bond donors (Lipinski definition) is 3. The number of anilines is 1. The molecule has 0 aromatic heterocycles. The van der Waals surface area contributed by atoms with Gasteiger partial charge in [0, 0.05) is 28.8 Å². The number of methoxy groups -OCH3 is 4. The van der Waals surface area contributed by atoms with Crippen LogP contribution in [0.2, 0.25) is 0 Å². The van der Waals surface area contributed by atoms with Crippen LogP contribution in [-0.2, 0) is 0 Å². The predicted molar refractivity (Wildman–Crippen MR) is 157 cm³/mol. The molecule has 200 valence electrons. The molecule has 0 saturated heterocycles. The lowest BCUT2D eigenvalue weighted by Gasteiger charge is -2.29. The molecule has 8 nitrogen and oxygen atoms in total. The molecule has 0 bridgehead atoms. The summed E-state index contributed by atoms with van der Waals surface area (Å²) >= 11 is 5.89. The van der Waals surface area contributed by atoms with Crippen molar-refractivity contribution in [3.63, 3.8) is 0 Å². The molecule has 9 heteroatoms. The molecule has 1 heterocycles. The van der Waals surface area contributed by atoms with Crippen LogP contribution in [0.1, 0.15) is 17.2 Å². The Balaban J connectivity index is 1.60. The summed E-state index contributed by atoms with van der Waals surface area (Å²) in [7, 11) is 6.37. The molecule has 0 amide bonds. The van der Waals surface area contributed by atoms with Gasteiger partial charge in [-0.05, 0) is 53.5 Å². The Labute approximate surface area is 232 Å². The van der Waals surface area contributed by atoms with Crippen molar-refractivity contribution in [2.45, 2.75) is 6.04 Å². The van der Waals surface area contributed by atoms with Crippen molar-refractivity contribution in [3.8, 4) is 28.7 Å². The number of phenols is 1. The minimum atomic E-state index is -0.325. The summed E-state index contributed by atoms with van der Waals surface area (Å²) < 4.78 is 21.8. The van der Waals surface area contributed by atoms with Crippen molar-refractivity contribution in [2.24, 2.45) is 0 Å². The van der Waals surface area contributed by atoms with E-state index in [1.54, 1.807) is 27.4 Å². The van der Waals surface area contributed by atoms with E-state index in [1.165, 1.54) is 13.2 Å². The van der Waals surface area contributed by atoms with E-state index in [9.17, 15) is 5.11 Å².